The van der Waals surface area contributed by atoms with Crippen LogP contribution in [-0.4, -0.2) is 43.5 Å². The van der Waals surface area contributed by atoms with Crippen molar-refractivity contribution in [1.82, 2.24) is 4.90 Å². The maximum absolute atomic E-state index is 12.9. The molecule has 1 aliphatic carbocycles. The van der Waals surface area contributed by atoms with Gasteiger partial charge >= 0.3 is 0 Å². The van der Waals surface area contributed by atoms with E-state index in [0.29, 0.717) is 18.8 Å². The Morgan fingerprint density at radius 2 is 1.81 bits per heavy atom. The summed E-state index contributed by atoms with van der Waals surface area (Å²) in [4.78, 5) is 15.3. The Hall–Kier alpha value is -2.33. The zero-order chi connectivity index (χ0) is 18.6. The third kappa shape index (κ3) is 3.72. The summed E-state index contributed by atoms with van der Waals surface area (Å²) in [6.45, 7) is 6.92. The van der Waals surface area contributed by atoms with E-state index in [1.807, 2.05) is 36.4 Å². The molecule has 1 aliphatic heterocycles. The summed E-state index contributed by atoms with van der Waals surface area (Å²) in [5.41, 5.74) is 3.33. The molecular formula is C23H27NO3. The molecule has 0 amide bonds. The van der Waals surface area contributed by atoms with E-state index in [9.17, 15) is 4.79 Å². The van der Waals surface area contributed by atoms with E-state index >= 15 is 0 Å². The summed E-state index contributed by atoms with van der Waals surface area (Å²) in [7, 11) is 0. The van der Waals surface area contributed by atoms with Gasteiger partial charge in [0.15, 0.2) is 5.78 Å². The lowest BCUT2D eigenvalue weighted by Crippen LogP contribution is -2.21. The fourth-order valence-corrected chi connectivity index (χ4v) is 3.98. The molecule has 2 aliphatic rings. The Balaban J connectivity index is 1.49. The molecule has 1 heterocycles. The highest BCUT2D eigenvalue weighted by molar-refractivity contribution is 6.22. The van der Waals surface area contributed by atoms with Crippen LogP contribution in [-0.2, 0) is 0 Å². The average molecular weight is 365 g/mol. The third-order valence-electron chi connectivity index (χ3n) is 5.32. The minimum atomic E-state index is 0.0597. The molecule has 4 nitrogen and oxygen atoms in total. The number of rotatable bonds is 8. The van der Waals surface area contributed by atoms with Crippen LogP contribution >= 0.6 is 0 Å². The van der Waals surface area contributed by atoms with Crippen molar-refractivity contribution in [3.05, 3.63) is 47.5 Å². The number of fused-ring (bicyclic) bond motifs is 3. The van der Waals surface area contributed by atoms with E-state index in [1.54, 1.807) is 0 Å². The monoisotopic (exact) mass is 365 g/mol. The number of ketones is 1. The molecule has 0 spiro atoms. The highest BCUT2D eigenvalue weighted by Gasteiger charge is 2.30. The second kappa shape index (κ2) is 8.13. The van der Waals surface area contributed by atoms with Gasteiger partial charge in [-0.2, -0.15) is 0 Å². The molecule has 0 unspecified atom stereocenters. The number of carbonyl (C=O) groups excluding carboxylic acids is 1. The minimum Gasteiger partial charge on any atom is -0.494 e. The molecule has 0 atom stereocenters. The summed E-state index contributed by atoms with van der Waals surface area (Å²) in [5.74, 6) is 1.62. The Kier molecular flexibility index (Phi) is 5.44. The molecule has 1 saturated heterocycles. The molecule has 4 rings (SSSR count). The lowest BCUT2D eigenvalue weighted by Gasteiger charge is -2.15. The maximum Gasteiger partial charge on any atom is 0.194 e. The van der Waals surface area contributed by atoms with Gasteiger partial charge in [0.2, 0.25) is 0 Å². The van der Waals surface area contributed by atoms with Crippen molar-refractivity contribution in [2.75, 3.05) is 32.8 Å². The van der Waals surface area contributed by atoms with E-state index in [2.05, 4.69) is 11.8 Å². The molecule has 27 heavy (non-hydrogen) atoms. The van der Waals surface area contributed by atoms with Crippen LogP contribution in [0.1, 0.15) is 48.5 Å². The first-order valence-corrected chi connectivity index (χ1v) is 10.1. The van der Waals surface area contributed by atoms with Crippen molar-refractivity contribution in [3.63, 3.8) is 0 Å². The predicted molar refractivity (Wildman–Crippen MR) is 107 cm³/mol. The second-order valence-corrected chi connectivity index (χ2v) is 7.31. The highest BCUT2D eigenvalue weighted by atomic mass is 16.5. The number of ether oxygens (including phenoxy) is 2. The Bertz CT molecular complexity index is 824. The lowest BCUT2D eigenvalue weighted by molar-refractivity contribution is 0.104. The summed E-state index contributed by atoms with van der Waals surface area (Å²) >= 11 is 0. The fourth-order valence-electron chi connectivity index (χ4n) is 3.98. The first kappa shape index (κ1) is 18.1. The number of hydrogen-bond donors (Lipinski definition) is 0. The zero-order valence-electron chi connectivity index (χ0n) is 16.0. The van der Waals surface area contributed by atoms with Gasteiger partial charge in [0, 0.05) is 23.2 Å². The SMILES string of the molecule is CCCOc1ccc2c(c1)C(=O)c1cccc(OCCCN3CCCC3)c1-2. The van der Waals surface area contributed by atoms with Crippen molar-refractivity contribution in [1.29, 1.82) is 0 Å². The largest absolute Gasteiger partial charge is 0.494 e. The van der Waals surface area contributed by atoms with Gasteiger partial charge in [0.05, 0.1) is 13.2 Å². The highest BCUT2D eigenvalue weighted by Crippen LogP contribution is 2.43. The van der Waals surface area contributed by atoms with Crippen LogP contribution in [0.15, 0.2) is 36.4 Å². The molecule has 0 bridgehead atoms. The van der Waals surface area contributed by atoms with Gasteiger partial charge in [0.1, 0.15) is 11.5 Å². The molecule has 0 radical (unpaired) electrons. The van der Waals surface area contributed by atoms with E-state index in [0.717, 1.165) is 47.6 Å². The topological polar surface area (TPSA) is 38.8 Å². The van der Waals surface area contributed by atoms with Gasteiger partial charge in [-0.1, -0.05) is 19.1 Å². The normalized spacial score (nSPS) is 15.7. The van der Waals surface area contributed by atoms with Crippen LogP contribution in [0.3, 0.4) is 0 Å². The molecule has 4 heteroatoms. The maximum atomic E-state index is 12.9. The van der Waals surface area contributed by atoms with Crippen molar-refractivity contribution in [3.8, 4) is 22.6 Å². The third-order valence-corrected chi connectivity index (χ3v) is 5.32. The van der Waals surface area contributed by atoms with Crippen molar-refractivity contribution in [2.45, 2.75) is 32.6 Å². The number of carbonyl (C=O) groups is 1. The van der Waals surface area contributed by atoms with E-state index < -0.39 is 0 Å². The summed E-state index contributed by atoms with van der Waals surface area (Å²) in [6, 6.07) is 11.6. The predicted octanol–water partition coefficient (Wildman–Crippen LogP) is 4.55. The lowest BCUT2D eigenvalue weighted by atomic mass is 10.0. The van der Waals surface area contributed by atoms with Crippen LogP contribution in [0.2, 0.25) is 0 Å². The van der Waals surface area contributed by atoms with Gasteiger partial charge in [-0.15, -0.1) is 0 Å². The first-order chi connectivity index (χ1) is 13.3. The molecule has 2 aromatic rings. The van der Waals surface area contributed by atoms with Crippen LogP contribution in [0.25, 0.3) is 11.1 Å². The first-order valence-electron chi connectivity index (χ1n) is 10.1. The molecule has 0 N–H and O–H groups in total. The van der Waals surface area contributed by atoms with E-state index in [-0.39, 0.29) is 5.78 Å². The zero-order valence-corrected chi connectivity index (χ0v) is 16.0. The van der Waals surface area contributed by atoms with Crippen molar-refractivity contribution in [2.24, 2.45) is 0 Å². The number of hydrogen-bond acceptors (Lipinski definition) is 4. The van der Waals surface area contributed by atoms with Gasteiger partial charge in [-0.25, -0.2) is 0 Å². The van der Waals surface area contributed by atoms with Gasteiger partial charge in [0.25, 0.3) is 0 Å². The molecule has 1 fully saturated rings. The Morgan fingerprint density at radius 3 is 2.63 bits per heavy atom. The molecule has 0 saturated carbocycles. The van der Waals surface area contributed by atoms with Crippen LogP contribution < -0.4 is 9.47 Å². The van der Waals surface area contributed by atoms with Gasteiger partial charge in [-0.3, -0.25) is 4.79 Å². The fraction of sp³-hybridized carbons (Fsp3) is 0.435. The summed E-state index contributed by atoms with van der Waals surface area (Å²) in [5, 5.41) is 0. The second-order valence-electron chi connectivity index (χ2n) is 7.31. The summed E-state index contributed by atoms with van der Waals surface area (Å²) in [6.07, 6.45) is 4.58. The number of benzene rings is 2. The van der Waals surface area contributed by atoms with E-state index in [4.69, 9.17) is 9.47 Å². The number of nitrogens with zero attached hydrogens (tertiary/aromatic N) is 1. The van der Waals surface area contributed by atoms with Gasteiger partial charge in [-0.05, 0) is 68.6 Å². The average Bonchev–Trinajstić information content (AvgIpc) is 3.31. The van der Waals surface area contributed by atoms with Crippen molar-refractivity contribution < 1.29 is 14.3 Å². The Morgan fingerprint density at radius 1 is 0.963 bits per heavy atom. The Labute approximate surface area is 161 Å². The quantitative estimate of drug-likeness (QED) is 0.549. The number of likely N-dealkylation sites (tertiary alicyclic amines) is 1. The standard InChI is InChI=1S/C23H27NO3/c1-2-14-26-17-9-10-18-20(16-17)23(25)19-7-5-8-21(22(18)19)27-15-6-13-24-11-3-4-12-24/h5,7-10,16H,2-4,6,11-15H2,1H3. The van der Waals surface area contributed by atoms with E-state index in [1.165, 1.54) is 25.9 Å². The smallest absolute Gasteiger partial charge is 0.194 e. The molecule has 142 valence electrons. The van der Waals surface area contributed by atoms with Crippen LogP contribution in [0, 0.1) is 0 Å². The van der Waals surface area contributed by atoms with Crippen LogP contribution in [0.4, 0.5) is 0 Å². The van der Waals surface area contributed by atoms with Crippen LogP contribution in [0.5, 0.6) is 11.5 Å². The molecule has 0 aromatic heterocycles. The summed E-state index contributed by atoms with van der Waals surface area (Å²) < 4.78 is 11.8. The molecule has 2 aromatic carbocycles. The van der Waals surface area contributed by atoms with Crippen molar-refractivity contribution >= 4 is 5.78 Å². The molecular weight excluding hydrogens is 338 g/mol. The minimum absolute atomic E-state index is 0.0597. The van der Waals surface area contributed by atoms with Gasteiger partial charge < -0.3 is 14.4 Å².